The highest BCUT2D eigenvalue weighted by molar-refractivity contribution is 5.72. The van der Waals surface area contributed by atoms with Crippen LogP contribution in [0.3, 0.4) is 0 Å². The van der Waals surface area contributed by atoms with Crippen molar-refractivity contribution in [2.75, 3.05) is 38.2 Å². The molecule has 0 radical (unpaired) electrons. The minimum absolute atomic E-state index is 0.104. The molecule has 1 spiro atoms. The van der Waals surface area contributed by atoms with Crippen molar-refractivity contribution in [3.05, 3.63) is 22.8 Å². The number of carbonyl (C=O) groups excluding carboxylic acids is 1. The molecule has 30 heavy (non-hydrogen) atoms. The average Bonchev–Trinajstić information content (AvgIpc) is 3.42. The average molecular weight is 414 g/mol. The van der Waals surface area contributed by atoms with Gasteiger partial charge in [0, 0.05) is 43.1 Å². The molecule has 1 amide bonds. The minimum atomic E-state index is -0.230. The van der Waals surface area contributed by atoms with Crippen LogP contribution in [0.2, 0.25) is 0 Å². The lowest BCUT2D eigenvalue weighted by atomic mass is 9.86. The van der Waals surface area contributed by atoms with E-state index >= 15 is 0 Å². The Bertz CT molecular complexity index is 950. The first-order valence-electron chi connectivity index (χ1n) is 10.6. The molecule has 1 atom stereocenters. The molecule has 0 aromatic carbocycles. The molecule has 4 heterocycles. The summed E-state index contributed by atoms with van der Waals surface area (Å²) in [5.41, 5.74) is 3.87. The maximum atomic E-state index is 12.0. The van der Waals surface area contributed by atoms with Gasteiger partial charge in [-0.25, -0.2) is 14.8 Å². The number of ether oxygens (including phenoxy) is 1. The van der Waals surface area contributed by atoms with Gasteiger partial charge in [-0.1, -0.05) is 19.0 Å². The number of nitrogens with zero attached hydrogens (tertiary/aromatic N) is 5. The number of hydrogen-bond donors (Lipinski definition) is 0. The van der Waals surface area contributed by atoms with Crippen LogP contribution in [0.4, 0.5) is 10.6 Å². The lowest BCUT2D eigenvalue weighted by Crippen LogP contribution is -2.34. The van der Waals surface area contributed by atoms with Crippen LogP contribution >= 0.6 is 0 Å². The zero-order valence-electron chi connectivity index (χ0n) is 18.8. The summed E-state index contributed by atoms with van der Waals surface area (Å²) in [5.74, 6) is 2.80. The van der Waals surface area contributed by atoms with E-state index in [2.05, 4.69) is 30.8 Å². The van der Waals surface area contributed by atoms with E-state index in [0.717, 1.165) is 78.9 Å². The lowest BCUT2D eigenvalue weighted by molar-refractivity contribution is 0.128. The number of aromatic nitrogens is 3. The fourth-order valence-electron chi connectivity index (χ4n) is 4.82. The Morgan fingerprint density at radius 2 is 1.87 bits per heavy atom. The standard InChI is InChI=1S/C22H31N5O3/c1-13(2)19-23-18(17-15(4)25-30-16(17)5)14(3)20(24-19)26-9-7-22(11-26)8-10-27(12-22)21(28)29-6/h13H,7-12H2,1-6H3. The van der Waals surface area contributed by atoms with Crippen molar-refractivity contribution in [1.82, 2.24) is 20.0 Å². The van der Waals surface area contributed by atoms with E-state index < -0.39 is 0 Å². The van der Waals surface area contributed by atoms with Crippen LogP contribution in [0.15, 0.2) is 4.52 Å². The van der Waals surface area contributed by atoms with Crippen molar-refractivity contribution in [2.24, 2.45) is 5.41 Å². The number of amides is 1. The highest BCUT2D eigenvalue weighted by Gasteiger charge is 2.46. The van der Waals surface area contributed by atoms with Gasteiger partial charge < -0.3 is 19.1 Å². The van der Waals surface area contributed by atoms with Gasteiger partial charge in [0.05, 0.1) is 24.1 Å². The molecule has 162 valence electrons. The number of hydrogen-bond acceptors (Lipinski definition) is 7. The summed E-state index contributed by atoms with van der Waals surface area (Å²) in [6.45, 7) is 13.5. The van der Waals surface area contributed by atoms with Crippen LogP contribution < -0.4 is 4.90 Å². The van der Waals surface area contributed by atoms with Gasteiger partial charge in [0.15, 0.2) is 0 Å². The van der Waals surface area contributed by atoms with E-state index in [9.17, 15) is 4.79 Å². The van der Waals surface area contributed by atoms with E-state index in [4.69, 9.17) is 19.2 Å². The molecule has 2 fully saturated rings. The Labute approximate surface area is 177 Å². The molecular formula is C22H31N5O3. The van der Waals surface area contributed by atoms with Crippen molar-refractivity contribution in [2.45, 2.75) is 53.4 Å². The number of rotatable bonds is 3. The molecule has 2 aromatic heterocycles. The van der Waals surface area contributed by atoms with E-state index in [0.29, 0.717) is 0 Å². The Balaban J connectivity index is 1.69. The number of likely N-dealkylation sites (tertiary alicyclic amines) is 1. The Morgan fingerprint density at radius 3 is 2.50 bits per heavy atom. The van der Waals surface area contributed by atoms with Crippen LogP contribution in [0.5, 0.6) is 0 Å². The second kappa shape index (κ2) is 7.56. The molecule has 8 heteroatoms. The predicted molar refractivity (Wildman–Crippen MR) is 114 cm³/mol. The molecule has 0 N–H and O–H groups in total. The third-order valence-electron chi connectivity index (χ3n) is 6.53. The van der Waals surface area contributed by atoms with Crippen LogP contribution in [-0.2, 0) is 4.74 Å². The highest BCUT2D eigenvalue weighted by Crippen LogP contribution is 2.43. The summed E-state index contributed by atoms with van der Waals surface area (Å²) in [6, 6.07) is 0. The maximum Gasteiger partial charge on any atom is 0.409 e. The number of aryl methyl sites for hydroxylation is 2. The first-order chi connectivity index (χ1) is 14.2. The molecule has 8 nitrogen and oxygen atoms in total. The van der Waals surface area contributed by atoms with Gasteiger partial charge >= 0.3 is 6.09 Å². The van der Waals surface area contributed by atoms with Crippen molar-refractivity contribution in [1.29, 1.82) is 0 Å². The van der Waals surface area contributed by atoms with E-state index in [1.807, 2.05) is 18.7 Å². The molecule has 0 bridgehead atoms. The highest BCUT2D eigenvalue weighted by atomic mass is 16.5. The maximum absolute atomic E-state index is 12.0. The molecular weight excluding hydrogens is 382 g/mol. The quantitative estimate of drug-likeness (QED) is 0.755. The molecule has 0 aliphatic carbocycles. The monoisotopic (exact) mass is 413 g/mol. The molecule has 2 aromatic rings. The number of anilines is 1. The first kappa shape index (κ1) is 20.6. The summed E-state index contributed by atoms with van der Waals surface area (Å²) in [6.07, 6.45) is 1.81. The molecule has 4 rings (SSSR count). The molecule has 2 aliphatic heterocycles. The number of carbonyl (C=O) groups is 1. The van der Waals surface area contributed by atoms with E-state index in [1.54, 1.807) is 0 Å². The van der Waals surface area contributed by atoms with Crippen LogP contribution in [0.1, 0.15) is 55.4 Å². The number of methoxy groups -OCH3 is 1. The summed E-state index contributed by atoms with van der Waals surface area (Å²) < 4.78 is 10.3. The van der Waals surface area contributed by atoms with Gasteiger partial charge in [0.25, 0.3) is 0 Å². The van der Waals surface area contributed by atoms with Gasteiger partial charge in [0.2, 0.25) is 0 Å². The fraction of sp³-hybridized carbons (Fsp3) is 0.636. The molecule has 1 unspecified atom stereocenters. The lowest BCUT2D eigenvalue weighted by Gasteiger charge is -2.26. The second-order valence-electron chi connectivity index (χ2n) is 9.05. The smallest absolute Gasteiger partial charge is 0.409 e. The first-order valence-corrected chi connectivity index (χ1v) is 10.6. The topological polar surface area (TPSA) is 84.6 Å². The molecule has 0 saturated carbocycles. The minimum Gasteiger partial charge on any atom is -0.453 e. The van der Waals surface area contributed by atoms with Crippen LogP contribution in [0, 0.1) is 26.2 Å². The van der Waals surface area contributed by atoms with Crippen molar-refractivity contribution >= 4 is 11.9 Å². The summed E-state index contributed by atoms with van der Waals surface area (Å²) in [5, 5.41) is 4.13. The zero-order valence-corrected chi connectivity index (χ0v) is 18.8. The zero-order chi connectivity index (χ0) is 21.6. The summed E-state index contributed by atoms with van der Waals surface area (Å²) in [4.78, 5) is 26.0. The molecule has 2 saturated heterocycles. The van der Waals surface area contributed by atoms with Gasteiger partial charge in [-0.05, 0) is 33.6 Å². The predicted octanol–water partition coefficient (Wildman–Crippen LogP) is 3.85. The molecule has 2 aliphatic rings. The van der Waals surface area contributed by atoms with Gasteiger partial charge in [-0.15, -0.1) is 0 Å². The van der Waals surface area contributed by atoms with E-state index in [-0.39, 0.29) is 17.4 Å². The Morgan fingerprint density at radius 1 is 1.13 bits per heavy atom. The SMILES string of the molecule is COC(=O)N1CCC2(CCN(c3nc(C(C)C)nc(-c4c(C)noc4C)c3C)C2)C1. The third-order valence-corrected chi connectivity index (χ3v) is 6.53. The van der Waals surface area contributed by atoms with Gasteiger partial charge in [0.1, 0.15) is 17.4 Å². The second-order valence-corrected chi connectivity index (χ2v) is 9.05. The van der Waals surface area contributed by atoms with Crippen molar-refractivity contribution in [3.8, 4) is 11.3 Å². The largest absolute Gasteiger partial charge is 0.453 e. The van der Waals surface area contributed by atoms with Crippen molar-refractivity contribution in [3.63, 3.8) is 0 Å². The van der Waals surface area contributed by atoms with Gasteiger partial charge in [-0.2, -0.15) is 0 Å². The van der Waals surface area contributed by atoms with Crippen LogP contribution in [-0.4, -0.2) is 59.4 Å². The fourth-order valence-corrected chi connectivity index (χ4v) is 4.82. The summed E-state index contributed by atoms with van der Waals surface area (Å²) >= 11 is 0. The van der Waals surface area contributed by atoms with Crippen molar-refractivity contribution < 1.29 is 14.1 Å². The normalized spacial score (nSPS) is 21.3. The van der Waals surface area contributed by atoms with E-state index in [1.165, 1.54) is 7.11 Å². The third kappa shape index (κ3) is 3.42. The van der Waals surface area contributed by atoms with Gasteiger partial charge in [-0.3, -0.25) is 0 Å². The van der Waals surface area contributed by atoms with Crippen LogP contribution in [0.25, 0.3) is 11.3 Å². The Hall–Kier alpha value is -2.64. The Kier molecular flexibility index (Phi) is 5.20. The summed E-state index contributed by atoms with van der Waals surface area (Å²) in [7, 11) is 1.45.